The molecule has 0 aromatic rings. The molecule has 0 rings (SSSR count). The minimum atomic E-state index is -0.777. The second-order valence-electron chi connectivity index (χ2n) is 17.6. The lowest BCUT2D eigenvalue weighted by Crippen LogP contribution is -2.28. The minimum absolute atomic E-state index is 0.0702. The molecule has 0 spiro atoms. The molecule has 0 saturated carbocycles. The van der Waals surface area contributed by atoms with Crippen molar-refractivity contribution in [3.05, 3.63) is 60.8 Å². The van der Waals surface area contributed by atoms with Gasteiger partial charge in [0.2, 0.25) is 0 Å². The molecule has 0 aromatic heterocycles. The van der Waals surface area contributed by atoms with Crippen LogP contribution in [0, 0.1) is 0 Å². The lowest BCUT2D eigenvalue weighted by molar-refractivity contribution is -0.161. The highest BCUT2D eigenvalue weighted by atomic mass is 16.6. The zero-order chi connectivity index (χ0) is 44.2. The van der Waals surface area contributed by atoms with Crippen LogP contribution < -0.4 is 0 Å². The Morgan fingerprint density at radius 1 is 0.377 bits per heavy atom. The summed E-state index contributed by atoms with van der Waals surface area (Å²) in [5.41, 5.74) is 0. The average molecular weight is 853 g/mol. The lowest BCUT2D eigenvalue weighted by atomic mass is 10.0. The maximum Gasteiger partial charge on any atom is 0.306 e. The van der Waals surface area contributed by atoms with Crippen LogP contribution in [0.25, 0.3) is 0 Å². The van der Waals surface area contributed by atoms with Crippen LogP contribution in [-0.2, 0) is 19.1 Å². The Morgan fingerprint density at radius 3 is 1.00 bits per heavy atom. The summed E-state index contributed by atoms with van der Waals surface area (Å²) in [4.78, 5) is 24.5. The standard InChI is InChI=1S/C56H100O5/c1-3-5-7-9-11-13-15-17-19-21-23-24-25-26-27-28-29-30-31-32-33-35-37-39-41-43-45-47-49-51-56(59)61-54(52-57)53-60-55(58)50-48-46-44-42-40-38-36-34-22-20-18-16-14-12-10-8-6-4-2/h14-17,20-23,25-26,54,57H,3-13,18-19,24,27-53H2,1-2H3/b16-14-,17-15-,22-20-,23-21-,26-25-. The topological polar surface area (TPSA) is 72.8 Å². The number of hydrogen-bond acceptors (Lipinski definition) is 5. The predicted molar refractivity (Wildman–Crippen MR) is 265 cm³/mol. The average Bonchev–Trinajstić information content (AvgIpc) is 3.26. The van der Waals surface area contributed by atoms with E-state index in [9.17, 15) is 14.7 Å². The van der Waals surface area contributed by atoms with Crippen molar-refractivity contribution in [1.82, 2.24) is 0 Å². The summed E-state index contributed by atoms with van der Waals surface area (Å²) >= 11 is 0. The fourth-order valence-electron chi connectivity index (χ4n) is 7.53. The summed E-state index contributed by atoms with van der Waals surface area (Å²) < 4.78 is 10.7. The highest BCUT2D eigenvalue weighted by molar-refractivity contribution is 5.70. The van der Waals surface area contributed by atoms with Gasteiger partial charge < -0.3 is 14.6 Å². The number of ether oxygens (including phenoxy) is 2. The third-order valence-corrected chi connectivity index (χ3v) is 11.5. The van der Waals surface area contributed by atoms with Gasteiger partial charge in [-0.2, -0.15) is 0 Å². The van der Waals surface area contributed by atoms with Crippen LogP contribution in [0.15, 0.2) is 60.8 Å². The molecule has 0 amide bonds. The molecule has 1 N–H and O–H groups in total. The molecule has 5 nitrogen and oxygen atoms in total. The van der Waals surface area contributed by atoms with E-state index in [1.54, 1.807) is 0 Å². The summed E-state index contributed by atoms with van der Waals surface area (Å²) in [5.74, 6) is -0.594. The Bertz CT molecular complexity index is 1060. The number of esters is 2. The van der Waals surface area contributed by atoms with Crippen molar-refractivity contribution < 1.29 is 24.2 Å². The molecule has 0 fully saturated rings. The predicted octanol–water partition coefficient (Wildman–Crippen LogP) is 17.5. The van der Waals surface area contributed by atoms with Crippen molar-refractivity contribution in [2.45, 2.75) is 270 Å². The van der Waals surface area contributed by atoms with Gasteiger partial charge >= 0.3 is 11.9 Å². The monoisotopic (exact) mass is 853 g/mol. The third-order valence-electron chi connectivity index (χ3n) is 11.5. The van der Waals surface area contributed by atoms with E-state index in [1.165, 1.54) is 173 Å². The molecule has 0 saturated heterocycles. The molecule has 0 aliphatic heterocycles. The summed E-state index contributed by atoms with van der Waals surface area (Å²) in [5, 5.41) is 9.63. The van der Waals surface area contributed by atoms with E-state index in [-0.39, 0.29) is 25.2 Å². The van der Waals surface area contributed by atoms with Gasteiger partial charge in [0, 0.05) is 12.8 Å². The summed E-state index contributed by atoms with van der Waals surface area (Å²) in [6, 6.07) is 0. The molecule has 0 aliphatic rings. The number of allylic oxidation sites excluding steroid dienone is 10. The number of carbonyl (C=O) groups excluding carboxylic acids is 2. The highest BCUT2D eigenvalue weighted by Crippen LogP contribution is 2.15. The van der Waals surface area contributed by atoms with Crippen molar-refractivity contribution in [1.29, 1.82) is 0 Å². The van der Waals surface area contributed by atoms with Crippen LogP contribution in [-0.4, -0.2) is 36.4 Å². The Labute approximate surface area is 379 Å². The van der Waals surface area contributed by atoms with Crippen LogP contribution in [0.4, 0.5) is 0 Å². The number of hydrogen-bond donors (Lipinski definition) is 1. The van der Waals surface area contributed by atoms with Crippen molar-refractivity contribution >= 4 is 11.9 Å². The van der Waals surface area contributed by atoms with Crippen molar-refractivity contribution in [2.24, 2.45) is 0 Å². The van der Waals surface area contributed by atoms with Gasteiger partial charge in [0.15, 0.2) is 6.10 Å². The van der Waals surface area contributed by atoms with Crippen LogP contribution in [0.2, 0.25) is 0 Å². The van der Waals surface area contributed by atoms with Gasteiger partial charge in [-0.25, -0.2) is 0 Å². The van der Waals surface area contributed by atoms with Crippen LogP contribution in [0.5, 0.6) is 0 Å². The Balaban J connectivity index is 3.50. The SMILES string of the molecule is CCCCCC/C=C\C/C=C\CCCCCCCCCC(=O)OCC(CO)OC(=O)CCCCCCCCCCCCCCCC/C=C\C/C=C\C/C=C\CCCCCCC. The first-order valence-corrected chi connectivity index (χ1v) is 26.3. The van der Waals surface area contributed by atoms with Crippen molar-refractivity contribution in [3.8, 4) is 0 Å². The number of aliphatic hydroxyl groups is 1. The van der Waals surface area contributed by atoms with E-state index in [0.717, 1.165) is 64.2 Å². The molecule has 0 heterocycles. The molecule has 1 unspecified atom stereocenters. The van der Waals surface area contributed by atoms with E-state index < -0.39 is 6.10 Å². The first-order chi connectivity index (χ1) is 30.1. The Kier molecular flexibility index (Phi) is 49.9. The maximum atomic E-state index is 12.3. The summed E-state index contributed by atoms with van der Waals surface area (Å²) in [6.07, 6.45) is 68.9. The quantitative estimate of drug-likeness (QED) is 0.0375. The van der Waals surface area contributed by atoms with E-state index in [4.69, 9.17) is 9.47 Å². The smallest absolute Gasteiger partial charge is 0.306 e. The number of rotatable bonds is 48. The molecule has 354 valence electrons. The zero-order valence-electron chi connectivity index (χ0n) is 40.4. The Hall–Kier alpha value is -2.40. The van der Waals surface area contributed by atoms with E-state index in [2.05, 4.69) is 74.6 Å². The lowest BCUT2D eigenvalue weighted by Gasteiger charge is -2.15. The fourth-order valence-corrected chi connectivity index (χ4v) is 7.53. The normalized spacial score (nSPS) is 12.6. The van der Waals surface area contributed by atoms with Gasteiger partial charge in [-0.3, -0.25) is 9.59 Å². The molecular weight excluding hydrogens is 753 g/mol. The van der Waals surface area contributed by atoms with Crippen molar-refractivity contribution in [2.75, 3.05) is 13.2 Å². The molecule has 0 aromatic carbocycles. The van der Waals surface area contributed by atoms with E-state index in [1.807, 2.05) is 0 Å². The highest BCUT2D eigenvalue weighted by Gasteiger charge is 2.16. The molecule has 61 heavy (non-hydrogen) atoms. The second kappa shape index (κ2) is 51.9. The van der Waals surface area contributed by atoms with Gasteiger partial charge in [0.1, 0.15) is 6.61 Å². The molecular formula is C56H100O5. The number of aliphatic hydroxyl groups excluding tert-OH is 1. The van der Waals surface area contributed by atoms with Gasteiger partial charge in [-0.05, 0) is 83.5 Å². The van der Waals surface area contributed by atoms with Crippen LogP contribution in [0.1, 0.15) is 264 Å². The van der Waals surface area contributed by atoms with Gasteiger partial charge in [-0.15, -0.1) is 0 Å². The van der Waals surface area contributed by atoms with E-state index in [0.29, 0.717) is 12.8 Å². The van der Waals surface area contributed by atoms with Gasteiger partial charge in [-0.1, -0.05) is 229 Å². The number of unbranched alkanes of at least 4 members (excludes halogenated alkanes) is 30. The largest absolute Gasteiger partial charge is 0.462 e. The Morgan fingerprint density at radius 2 is 0.656 bits per heavy atom. The first kappa shape index (κ1) is 58.6. The fraction of sp³-hybridized carbons (Fsp3) is 0.786. The first-order valence-electron chi connectivity index (χ1n) is 26.3. The van der Waals surface area contributed by atoms with Crippen LogP contribution in [0.3, 0.4) is 0 Å². The van der Waals surface area contributed by atoms with Gasteiger partial charge in [0.05, 0.1) is 6.61 Å². The van der Waals surface area contributed by atoms with E-state index >= 15 is 0 Å². The second-order valence-corrected chi connectivity index (χ2v) is 17.6. The summed E-state index contributed by atoms with van der Waals surface area (Å²) in [6.45, 7) is 4.12. The molecule has 0 aliphatic carbocycles. The third kappa shape index (κ3) is 50.1. The molecule has 0 bridgehead atoms. The molecule has 5 heteroatoms. The van der Waals surface area contributed by atoms with Crippen LogP contribution >= 0.6 is 0 Å². The van der Waals surface area contributed by atoms with Crippen molar-refractivity contribution in [3.63, 3.8) is 0 Å². The summed E-state index contributed by atoms with van der Waals surface area (Å²) in [7, 11) is 0. The maximum absolute atomic E-state index is 12.3. The minimum Gasteiger partial charge on any atom is -0.462 e. The van der Waals surface area contributed by atoms with Gasteiger partial charge in [0.25, 0.3) is 0 Å². The zero-order valence-corrected chi connectivity index (χ0v) is 40.4. The number of carbonyl (C=O) groups is 2. The molecule has 1 atom stereocenters. The molecule has 0 radical (unpaired) electrons.